The van der Waals surface area contributed by atoms with Crippen LogP contribution in [0.15, 0.2) is 41.2 Å². The molecule has 1 aliphatic heterocycles. The molecule has 1 aliphatic rings. The Hall–Kier alpha value is -3.52. The SMILES string of the molecule is COc1cc(OC)c(CN2CCc3c(nc(-c4ccc(N)cc4)[nH]c3=O)C2)c(OC)c1. The summed E-state index contributed by atoms with van der Waals surface area (Å²) in [4.78, 5) is 22.6. The third-order valence-corrected chi connectivity index (χ3v) is 5.54. The van der Waals surface area contributed by atoms with Crippen molar-refractivity contribution in [3.8, 4) is 28.6 Å². The molecule has 0 saturated heterocycles. The lowest BCUT2D eigenvalue weighted by Crippen LogP contribution is -2.35. The lowest BCUT2D eigenvalue weighted by Gasteiger charge is -2.29. The van der Waals surface area contributed by atoms with E-state index in [-0.39, 0.29) is 5.56 Å². The summed E-state index contributed by atoms with van der Waals surface area (Å²) in [5.74, 6) is 2.61. The van der Waals surface area contributed by atoms with Gasteiger partial charge >= 0.3 is 0 Å². The van der Waals surface area contributed by atoms with Gasteiger partial charge in [-0.2, -0.15) is 0 Å². The first kappa shape index (κ1) is 20.7. The molecular formula is C23H26N4O4. The number of hydrogen-bond donors (Lipinski definition) is 2. The molecule has 0 amide bonds. The van der Waals surface area contributed by atoms with Gasteiger partial charge in [-0.3, -0.25) is 9.69 Å². The largest absolute Gasteiger partial charge is 0.496 e. The Morgan fingerprint density at radius 3 is 2.35 bits per heavy atom. The number of aromatic nitrogens is 2. The number of H-pyrrole nitrogens is 1. The molecule has 31 heavy (non-hydrogen) atoms. The lowest BCUT2D eigenvalue weighted by atomic mass is 10.0. The van der Waals surface area contributed by atoms with E-state index in [1.165, 1.54) is 0 Å². The van der Waals surface area contributed by atoms with Crippen molar-refractivity contribution in [1.29, 1.82) is 0 Å². The Balaban J connectivity index is 1.63. The van der Waals surface area contributed by atoms with Gasteiger partial charge in [-0.25, -0.2) is 4.98 Å². The van der Waals surface area contributed by atoms with E-state index in [1.807, 2.05) is 24.3 Å². The van der Waals surface area contributed by atoms with Crippen LogP contribution in [-0.2, 0) is 19.5 Å². The van der Waals surface area contributed by atoms with Crippen LogP contribution in [0, 0.1) is 0 Å². The summed E-state index contributed by atoms with van der Waals surface area (Å²) in [7, 11) is 4.86. The zero-order valence-corrected chi connectivity index (χ0v) is 17.9. The molecule has 8 heteroatoms. The van der Waals surface area contributed by atoms with Gasteiger partial charge in [-0.1, -0.05) is 0 Å². The van der Waals surface area contributed by atoms with E-state index in [2.05, 4.69) is 9.88 Å². The molecular weight excluding hydrogens is 396 g/mol. The second-order valence-corrected chi connectivity index (χ2v) is 7.43. The molecule has 3 N–H and O–H groups in total. The Bertz CT molecular complexity index is 1120. The molecule has 0 aliphatic carbocycles. The minimum absolute atomic E-state index is 0.0870. The first-order valence-electron chi connectivity index (χ1n) is 10.0. The molecule has 0 atom stereocenters. The van der Waals surface area contributed by atoms with E-state index in [9.17, 15) is 4.79 Å². The fourth-order valence-corrected chi connectivity index (χ4v) is 3.86. The zero-order chi connectivity index (χ0) is 22.0. The highest BCUT2D eigenvalue weighted by molar-refractivity contribution is 5.59. The Labute approximate surface area is 180 Å². The predicted octanol–water partition coefficient (Wildman–Crippen LogP) is 2.60. The molecule has 162 valence electrons. The van der Waals surface area contributed by atoms with Gasteiger partial charge < -0.3 is 24.9 Å². The van der Waals surface area contributed by atoms with E-state index in [4.69, 9.17) is 24.9 Å². The number of rotatable bonds is 6. The van der Waals surface area contributed by atoms with Crippen molar-refractivity contribution in [2.75, 3.05) is 33.6 Å². The fraction of sp³-hybridized carbons (Fsp3) is 0.304. The number of aromatic amines is 1. The van der Waals surface area contributed by atoms with Crippen molar-refractivity contribution in [3.63, 3.8) is 0 Å². The highest BCUT2D eigenvalue weighted by Gasteiger charge is 2.24. The fourth-order valence-electron chi connectivity index (χ4n) is 3.86. The van der Waals surface area contributed by atoms with Gasteiger partial charge in [0.2, 0.25) is 0 Å². The quantitative estimate of drug-likeness (QED) is 0.589. The Kier molecular flexibility index (Phi) is 5.81. The van der Waals surface area contributed by atoms with E-state index in [0.29, 0.717) is 48.3 Å². The molecule has 0 bridgehead atoms. The van der Waals surface area contributed by atoms with Gasteiger partial charge in [0.05, 0.1) is 32.6 Å². The average Bonchev–Trinajstić information content (AvgIpc) is 2.79. The molecule has 0 saturated carbocycles. The Morgan fingerprint density at radius 2 is 1.74 bits per heavy atom. The molecule has 2 aromatic carbocycles. The molecule has 1 aromatic heterocycles. The molecule has 0 spiro atoms. The van der Waals surface area contributed by atoms with Gasteiger partial charge in [-0.15, -0.1) is 0 Å². The number of nitrogen functional groups attached to an aromatic ring is 1. The number of nitrogens with one attached hydrogen (secondary N) is 1. The summed E-state index contributed by atoms with van der Waals surface area (Å²) >= 11 is 0. The van der Waals surface area contributed by atoms with Crippen LogP contribution in [-0.4, -0.2) is 42.7 Å². The van der Waals surface area contributed by atoms with E-state index >= 15 is 0 Å². The maximum Gasteiger partial charge on any atom is 0.254 e. The molecule has 0 unspecified atom stereocenters. The molecule has 3 aromatic rings. The standard InChI is InChI=1S/C23H26N4O4/c1-29-16-10-20(30-2)18(21(11-16)31-3)12-27-9-8-17-19(13-27)25-22(26-23(17)28)14-4-6-15(24)7-5-14/h4-7,10-11H,8-9,12-13,24H2,1-3H3,(H,25,26,28). The molecule has 4 rings (SSSR count). The number of nitrogens with zero attached hydrogens (tertiary/aromatic N) is 2. The van der Waals surface area contributed by atoms with Crippen molar-refractivity contribution >= 4 is 5.69 Å². The number of benzene rings is 2. The maximum atomic E-state index is 12.7. The van der Waals surface area contributed by atoms with Crippen molar-refractivity contribution in [3.05, 3.63) is 63.6 Å². The smallest absolute Gasteiger partial charge is 0.254 e. The van der Waals surface area contributed by atoms with Crippen molar-refractivity contribution in [2.24, 2.45) is 0 Å². The van der Waals surface area contributed by atoms with Crippen LogP contribution >= 0.6 is 0 Å². The second-order valence-electron chi connectivity index (χ2n) is 7.43. The van der Waals surface area contributed by atoms with E-state index < -0.39 is 0 Å². The van der Waals surface area contributed by atoms with Crippen molar-refractivity contribution in [2.45, 2.75) is 19.5 Å². The van der Waals surface area contributed by atoms with Crippen LogP contribution in [0.2, 0.25) is 0 Å². The first-order chi connectivity index (χ1) is 15.0. The average molecular weight is 422 g/mol. The number of ether oxygens (including phenoxy) is 3. The van der Waals surface area contributed by atoms with Crippen LogP contribution < -0.4 is 25.5 Å². The minimum atomic E-state index is -0.0870. The van der Waals surface area contributed by atoms with Crippen LogP contribution in [0.25, 0.3) is 11.4 Å². The van der Waals surface area contributed by atoms with Gasteiger partial charge in [-0.05, 0) is 30.7 Å². The number of anilines is 1. The van der Waals surface area contributed by atoms with Crippen LogP contribution in [0.4, 0.5) is 5.69 Å². The third-order valence-electron chi connectivity index (χ3n) is 5.54. The highest BCUT2D eigenvalue weighted by atomic mass is 16.5. The molecule has 0 radical (unpaired) electrons. The van der Waals surface area contributed by atoms with Crippen LogP contribution in [0.5, 0.6) is 17.2 Å². The molecule has 2 heterocycles. The normalized spacial score (nSPS) is 13.5. The van der Waals surface area contributed by atoms with Crippen LogP contribution in [0.3, 0.4) is 0 Å². The zero-order valence-electron chi connectivity index (χ0n) is 17.9. The topological polar surface area (TPSA) is 103 Å². The van der Waals surface area contributed by atoms with E-state index in [0.717, 1.165) is 28.9 Å². The van der Waals surface area contributed by atoms with Crippen molar-refractivity contribution < 1.29 is 14.2 Å². The second kappa shape index (κ2) is 8.69. The van der Waals surface area contributed by atoms with Crippen LogP contribution in [0.1, 0.15) is 16.8 Å². The summed E-state index contributed by atoms with van der Waals surface area (Å²) in [6, 6.07) is 11.0. The van der Waals surface area contributed by atoms with Gasteiger partial charge in [0.1, 0.15) is 23.1 Å². The first-order valence-corrected chi connectivity index (χ1v) is 10.0. The van der Waals surface area contributed by atoms with E-state index in [1.54, 1.807) is 33.5 Å². The number of hydrogen-bond acceptors (Lipinski definition) is 7. The summed E-state index contributed by atoms with van der Waals surface area (Å²) in [5.41, 5.74) is 9.63. The lowest BCUT2D eigenvalue weighted by molar-refractivity contribution is 0.232. The summed E-state index contributed by atoms with van der Waals surface area (Å²) in [6.45, 7) is 1.89. The Morgan fingerprint density at radius 1 is 1.06 bits per heavy atom. The number of methoxy groups -OCH3 is 3. The predicted molar refractivity (Wildman–Crippen MR) is 119 cm³/mol. The van der Waals surface area contributed by atoms with Gasteiger partial charge in [0, 0.05) is 48.6 Å². The molecule has 8 nitrogen and oxygen atoms in total. The minimum Gasteiger partial charge on any atom is -0.496 e. The van der Waals surface area contributed by atoms with Gasteiger partial charge in [0.15, 0.2) is 0 Å². The third kappa shape index (κ3) is 4.20. The van der Waals surface area contributed by atoms with Crippen molar-refractivity contribution in [1.82, 2.24) is 14.9 Å². The maximum absolute atomic E-state index is 12.7. The summed E-state index contributed by atoms with van der Waals surface area (Å²) in [5, 5.41) is 0. The highest BCUT2D eigenvalue weighted by Crippen LogP contribution is 2.35. The number of nitrogens with two attached hydrogens (primary N) is 1. The van der Waals surface area contributed by atoms with Gasteiger partial charge in [0.25, 0.3) is 5.56 Å². The summed E-state index contributed by atoms with van der Waals surface area (Å²) < 4.78 is 16.5. The molecule has 0 fully saturated rings. The summed E-state index contributed by atoms with van der Waals surface area (Å²) in [6.07, 6.45) is 0.625. The monoisotopic (exact) mass is 422 g/mol. The number of fused-ring (bicyclic) bond motifs is 1.